The number of hydrogen-bond donors (Lipinski definition) is 2. The van der Waals surface area contributed by atoms with Crippen LogP contribution >= 0.6 is 0 Å². The van der Waals surface area contributed by atoms with Crippen LogP contribution in [0.4, 0.5) is 11.6 Å². The summed E-state index contributed by atoms with van der Waals surface area (Å²) >= 11 is 0. The summed E-state index contributed by atoms with van der Waals surface area (Å²) in [5.41, 5.74) is 0.543. The molecular weight excluding hydrogens is 332 g/mol. The highest BCUT2D eigenvalue weighted by molar-refractivity contribution is 5.45. The van der Waals surface area contributed by atoms with E-state index in [4.69, 9.17) is 0 Å². The molecule has 2 N–H and O–H groups in total. The van der Waals surface area contributed by atoms with Crippen molar-refractivity contribution in [3.63, 3.8) is 0 Å². The van der Waals surface area contributed by atoms with E-state index < -0.39 is 0 Å². The lowest BCUT2D eigenvalue weighted by Gasteiger charge is -2.20. The predicted molar refractivity (Wildman–Crippen MR) is 103 cm³/mol. The summed E-state index contributed by atoms with van der Waals surface area (Å²) in [7, 11) is 3.97. The van der Waals surface area contributed by atoms with Gasteiger partial charge >= 0.3 is 5.69 Å². The number of nitrogens with zero attached hydrogens (tertiary/aromatic N) is 4. The second kappa shape index (κ2) is 7.74. The fourth-order valence-corrected chi connectivity index (χ4v) is 3.35. The van der Waals surface area contributed by atoms with Crippen molar-refractivity contribution in [2.24, 2.45) is 0 Å². The summed E-state index contributed by atoms with van der Waals surface area (Å²) in [6, 6.07) is 5.82. The number of rotatable bonds is 6. The zero-order chi connectivity index (χ0) is 18.7. The minimum atomic E-state index is -0.350. The van der Waals surface area contributed by atoms with E-state index in [1.54, 1.807) is 13.1 Å². The molecule has 0 aromatic carbocycles. The second-order valence-corrected chi connectivity index (χ2v) is 6.74. The molecule has 8 nitrogen and oxygen atoms in total. The molecule has 0 unspecified atom stereocenters. The van der Waals surface area contributed by atoms with Gasteiger partial charge in [-0.1, -0.05) is 6.07 Å². The van der Waals surface area contributed by atoms with Crippen molar-refractivity contribution in [2.75, 3.05) is 37.0 Å². The van der Waals surface area contributed by atoms with Crippen molar-refractivity contribution in [2.45, 2.75) is 32.5 Å². The molecule has 1 atom stereocenters. The monoisotopic (exact) mass is 358 g/mol. The number of aromatic amines is 1. The first kappa shape index (κ1) is 18.2. The maximum absolute atomic E-state index is 12.0. The lowest BCUT2D eigenvalue weighted by molar-refractivity contribution is 0.550. The summed E-state index contributed by atoms with van der Waals surface area (Å²) in [6.45, 7) is 4.44. The molecular formula is C18H26N6O2. The highest BCUT2D eigenvalue weighted by atomic mass is 16.2. The molecule has 1 aliphatic heterocycles. The van der Waals surface area contributed by atoms with Gasteiger partial charge in [-0.05, 0) is 19.4 Å². The molecule has 2 aromatic heterocycles. The van der Waals surface area contributed by atoms with Crippen molar-refractivity contribution in [1.29, 1.82) is 0 Å². The third kappa shape index (κ3) is 3.80. The zero-order valence-corrected chi connectivity index (χ0v) is 15.5. The number of H-pyrrole nitrogens is 1. The van der Waals surface area contributed by atoms with Gasteiger partial charge in [0.05, 0.1) is 0 Å². The highest BCUT2D eigenvalue weighted by Crippen LogP contribution is 2.18. The van der Waals surface area contributed by atoms with E-state index >= 15 is 0 Å². The Morgan fingerprint density at radius 2 is 2.19 bits per heavy atom. The molecule has 0 saturated carbocycles. The topological polar surface area (TPSA) is 86.3 Å². The van der Waals surface area contributed by atoms with Crippen molar-refractivity contribution in [3.05, 3.63) is 50.8 Å². The molecule has 0 amide bonds. The molecule has 1 aliphatic rings. The minimum Gasteiger partial charge on any atom is -0.362 e. The SMILES string of the molecule is CCn1c(=O)cc(N2CC[C@H](NCc3cccnc3N(C)C)C2)[nH]c1=O. The van der Waals surface area contributed by atoms with Gasteiger partial charge in [-0.3, -0.25) is 14.3 Å². The van der Waals surface area contributed by atoms with Crippen LogP contribution in [-0.2, 0) is 13.1 Å². The van der Waals surface area contributed by atoms with Gasteiger partial charge in [0.2, 0.25) is 0 Å². The summed E-state index contributed by atoms with van der Waals surface area (Å²) in [5.74, 6) is 1.56. The van der Waals surface area contributed by atoms with Crippen LogP contribution < -0.4 is 26.4 Å². The largest absolute Gasteiger partial charge is 0.362 e. The van der Waals surface area contributed by atoms with E-state index in [0.717, 1.165) is 37.4 Å². The average molecular weight is 358 g/mol. The van der Waals surface area contributed by atoms with Crippen LogP contribution in [0.2, 0.25) is 0 Å². The Labute approximate surface area is 152 Å². The molecule has 0 bridgehead atoms. The normalized spacial score (nSPS) is 16.9. The lowest BCUT2D eigenvalue weighted by Crippen LogP contribution is -2.38. The number of pyridine rings is 1. The fraction of sp³-hybridized carbons (Fsp3) is 0.500. The number of hydrogen-bond acceptors (Lipinski definition) is 6. The Bertz CT molecular complexity index is 841. The van der Waals surface area contributed by atoms with Gasteiger partial charge in [-0.15, -0.1) is 0 Å². The number of nitrogens with one attached hydrogen (secondary N) is 2. The first-order chi connectivity index (χ1) is 12.5. The quantitative estimate of drug-likeness (QED) is 0.777. The summed E-state index contributed by atoms with van der Waals surface area (Å²) in [4.78, 5) is 35.3. The smallest absolute Gasteiger partial charge is 0.329 e. The zero-order valence-electron chi connectivity index (χ0n) is 15.5. The van der Waals surface area contributed by atoms with Crippen LogP contribution in [0.25, 0.3) is 0 Å². The van der Waals surface area contributed by atoms with Crippen LogP contribution in [0.15, 0.2) is 34.0 Å². The van der Waals surface area contributed by atoms with E-state index in [2.05, 4.69) is 26.3 Å². The molecule has 8 heteroatoms. The number of aromatic nitrogens is 3. The van der Waals surface area contributed by atoms with Crippen LogP contribution in [0, 0.1) is 0 Å². The number of anilines is 2. The van der Waals surface area contributed by atoms with E-state index in [9.17, 15) is 9.59 Å². The molecule has 0 radical (unpaired) electrons. The molecule has 3 heterocycles. The van der Waals surface area contributed by atoms with E-state index in [1.165, 1.54) is 10.6 Å². The van der Waals surface area contributed by atoms with Gasteiger partial charge in [0, 0.05) is 64.1 Å². The van der Waals surface area contributed by atoms with Crippen LogP contribution in [-0.4, -0.2) is 47.8 Å². The minimum absolute atomic E-state index is 0.256. The Hall–Kier alpha value is -2.61. The van der Waals surface area contributed by atoms with Gasteiger partial charge < -0.3 is 15.1 Å². The standard InChI is InChI=1S/C18H26N6O2/c1-4-24-16(25)10-15(21-18(24)26)23-9-7-14(12-23)20-11-13-6-5-8-19-17(13)22(2)3/h5-6,8,10,14,20H,4,7,9,11-12H2,1-3H3,(H,21,26)/t14-/m0/s1. The van der Waals surface area contributed by atoms with Crippen molar-refractivity contribution >= 4 is 11.6 Å². The second-order valence-electron chi connectivity index (χ2n) is 6.74. The van der Waals surface area contributed by atoms with Gasteiger partial charge in [0.25, 0.3) is 5.56 Å². The predicted octanol–water partition coefficient (Wildman–Crippen LogP) is 0.386. The van der Waals surface area contributed by atoms with Crippen molar-refractivity contribution in [3.8, 4) is 0 Å². The van der Waals surface area contributed by atoms with Gasteiger partial charge in [0.15, 0.2) is 0 Å². The fourth-order valence-electron chi connectivity index (χ4n) is 3.35. The van der Waals surface area contributed by atoms with Gasteiger partial charge in [-0.2, -0.15) is 0 Å². The summed E-state index contributed by atoms with van der Waals surface area (Å²) in [6.07, 6.45) is 2.75. The first-order valence-electron chi connectivity index (χ1n) is 8.93. The van der Waals surface area contributed by atoms with E-state index in [-0.39, 0.29) is 11.2 Å². The van der Waals surface area contributed by atoms with Crippen molar-refractivity contribution < 1.29 is 0 Å². The maximum atomic E-state index is 12.0. The van der Waals surface area contributed by atoms with Crippen LogP contribution in [0.3, 0.4) is 0 Å². The molecule has 140 valence electrons. The molecule has 26 heavy (non-hydrogen) atoms. The average Bonchev–Trinajstić information content (AvgIpc) is 3.09. The van der Waals surface area contributed by atoms with Gasteiger partial charge in [0.1, 0.15) is 11.6 Å². The van der Waals surface area contributed by atoms with Gasteiger partial charge in [-0.25, -0.2) is 9.78 Å². The molecule has 1 fully saturated rings. The third-order valence-corrected chi connectivity index (χ3v) is 4.72. The Balaban J connectivity index is 1.65. The molecule has 3 rings (SSSR count). The third-order valence-electron chi connectivity index (χ3n) is 4.72. The van der Waals surface area contributed by atoms with Crippen molar-refractivity contribution in [1.82, 2.24) is 19.9 Å². The summed E-state index contributed by atoms with van der Waals surface area (Å²) in [5, 5.41) is 3.56. The Morgan fingerprint density at radius 1 is 1.38 bits per heavy atom. The Morgan fingerprint density at radius 3 is 2.88 bits per heavy atom. The molecule has 1 saturated heterocycles. The Kier molecular flexibility index (Phi) is 5.41. The van der Waals surface area contributed by atoms with E-state index in [0.29, 0.717) is 18.4 Å². The highest BCUT2D eigenvalue weighted by Gasteiger charge is 2.24. The lowest BCUT2D eigenvalue weighted by atomic mass is 10.2. The molecule has 0 aliphatic carbocycles. The summed E-state index contributed by atoms with van der Waals surface area (Å²) < 4.78 is 1.19. The molecule has 0 spiro atoms. The van der Waals surface area contributed by atoms with E-state index in [1.807, 2.05) is 25.1 Å². The van der Waals surface area contributed by atoms with Crippen LogP contribution in [0.5, 0.6) is 0 Å². The van der Waals surface area contributed by atoms with Crippen LogP contribution in [0.1, 0.15) is 18.9 Å². The first-order valence-corrected chi connectivity index (χ1v) is 8.93. The molecule has 2 aromatic rings. The maximum Gasteiger partial charge on any atom is 0.329 e.